The molecule has 1 fully saturated rings. The standard InChI is InChI=1S/C11H20N2O3/c1-7(9-4-5-9)13(3)6-10(11(15)16)12-8(2)14/h7,9-10H,4-6H2,1-3H3,(H,12,14)(H,15,16). The zero-order valence-electron chi connectivity index (χ0n) is 10.1. The summed E-state index contributed by atoms with van der Waals surface area (Å²) in [6, 6.07) is -0.431. The van der Waals surface area contributed by atoms with Crippen LogP contribution in [0.2, 0.25) is 0 Å². The monoisotopic (exact) mass is 228 g/mol. The van der Waals surface area contributed by atoms with Crippen molar-refractivity contribution in [1.82, 2.24) is 10.2 Å². The topological polar surface area (TPSA) is 69.6 Å². The van der Waals surface area contributed by atoms with Gasteiger partial charge in [-0.3, -0.25) is 4.79 Å². The van der Waals surface area contributed by atoms with Crippen LogP contribution in [-0.2, 0) is 9.59 Å². The van der Waals surface area contributed by atoms with Crippen LogP contribution in [0.15, 0.2) is 0 Å². The molecule has 16 heavy (non-hydrogen) atoms. The molecule has 0 radical (unpaired) electrons. The highest BCUT2D eigenvalue weighted by Gasteiger charge is 2.32. The molecule has 5 heteroatoms. The van der Waals surface area contributed by atoms with Crippen molar-refractivity contribution in [2.24, 2.45) is 5.92 Å². The maximum atomic E-state index is 10.9. The van der Waals surface area contributed by atoms with Crippen molar-refractivity contribution in [3.8, 4) is 0 Å². The van der Waals surface area contributed by atoms with Gasteiger partial charge in [-0.05, 0) is 32.7 Å². The Morgan fingerprint density at radius 1 is 1.50 bits per heavy atom. The molecule has 0 aliphatic heterocycles. The molecule has 0 bridgehead atoms. The number of likely N-dealkylation sites (N-methyl/N-ethyl adjacent to an activating group) is 1. The van der Waals surface area contributed by atoms with Crippen molar-refractivity contribution < 1.29 is 14.7 Å². The summed E-state index contributed by atoms with van der Waals surface area (Å²) in [5.41, 5.74) is 0. The lowest BCUT2D eigenvalue weighted by molar-refractivity contribution is -0.142. The van der Waals surface area contributed by atoms with E-state index in [-0.39, 0.29) is 5.91 Å². The normalized spacial score (nSPS) is 19.2. The third-order valence-corrected chi connectivity index (χ3v) is 3.15. The highest BCUT2D eigenvalue weighted by atomic mass is 16.4. The zero-order chi connectivity index (χ0) is 12.3. The first kappa shape index (κ1) is 13.0. The Morgan fingerprint density at radius 2 is 2.06 bits per heavy atom. The minimum atomic E-state index is -0.981. The minimum Gasteiger partial charge on any atom is -0.480 e. The quantitative estimate of drug-likeness (QED) is 0.686. The van der Waals surface area contributed by atoms with Gasteiger partial charge >= 0.3 is 5.97 Å². The van der Waals surface area contributed by atoms with Crippen LogP contribution in [0.25, 0.3) is 0 Å². The number of aliphatic carboxylic acids is 1. The van der Waals surface area contributed by atoms with Gasteiger partial charge < -0.3 is 15.3 Å². The number of carbonyl (C=O) groups excluding carboxylic acids is 1. The van der Waals surface area contributed by atoms with Crippen LogP contribution in [0.4, 0.5) is 0 Å². The molecule has 0 spiro atoms. The maximum absolute atomic E-state index is 10.9. The summed E-state index contributed by atoms with van der Waals surface area (Å²) in [7, 11) is 1.90. The van der Waals surface area contributed by atoms with Crippen LogP contribution >= 0.6 is 0 Å². The van der Waals surface area contributed by atoms with Gasteiger partial charge in [0.25, 0.3) is 0 Å². The maximum Gasteiger partial charge on any atom is 0.327 e. The third kappa shape index (κ3) is 3.81. The van der Waals surface area contributed by atoms with Crippen LogP contribution in [0.5, 0.6) is 0 Å². The molecule has 1 amide bonds. The highest BCUT2D eigenvalue weighted by Crippen LogP contribution is 2.34. The van der Waals surface area contributed by atoms with E-state index in [0.29, 0.717) is 18.5 Å². The van der Waals surface area contributed by atoms with E-state index >= 15 is 0 Å². The molecule has 2 N–H and O–H groups in total. The fourth-order valence-electron chi connectivity index (χ4n) is 1.82. The molecule has 2 atom stereocenters. The molecule has 1 rings (SSSR count). The highest BCUT2D eigenvalue weighted by molar-refractivity contribution is 5.82. The third-order valence-electron chi connectivity index (χ3n) is 3.15. The molecule has 1 aliphatic rings. The molecule has 0 heterocycles. The van der Waals surface area contributed by atoms with Crippen molar-refractivity contribution in [2.75, 3.05) is 13.6 Å². The van der Waals surface area contributed by atoms with E-state index in [9.17, 15) is 9.59 Å². The van der Waals surface area contributed by atoms with Crippen molar-refractivity contribution in [1.29, 1.82) is 0 Å². The first-order valence-electron chi connectivity index (χ1n) is 5.62. The second-order valence-corrected chi connectivity index (χ2v) is 4.61. The number of nitrogens with zero attached hydrogens (tertiary/aromatic N) is 1. The van der Waals surface area contributed by atoms with Crippen molar-refractivity contribution >= 4 is 11.9 Å². The Balaban J connectivity index is 2.46. The van der Waals surface area contributed by atoms with Crippen molar-refractivity contribution in [2.45, 2.75) is 38.8 Å². The van der Waals surface area contributed by atoms with E-state index in [4.69, 9.17) is 5.11 Å². The summed E-state index contributed by atoms with van der Waals surface area (Å²) < 4.78 is 0. The Bertz CT molecular complexity index is 276. The van der Waals surface area contributed by atoms with Crippen LogP contribution in [-0.4, -0.2) is 47.6 Å². The number of hydrogen-bond acceptors (Lipinski definition) is 3. The fourth-order valence-corrected chi connectivity index (χ4v) is 1.82. The molecule has 0 saturated heterocycles. The van der Waals surface area contributed by atoms with E-state index in [2.05, 4.69) is 12.2 Å². The average molecular weight is 228 g/mol. The van der Waals surface area contributed by atoms with Crippen LogP contribution in [0.1, 0.15) is 26.7 Å². The molecule has 0 aromatic heterocycles. The molecule has 0 aromatic carbocycles. The molecular formula is C11H20N2O3. The Labute approximate surface area is 95.8 Å². The summed E-state index contributed by atoms with van der Waals surface area (Å²) in [6.45, 7) is 3.79. The van der Waals surface area contributed by atoms with Gasteiger partial charge in [0.1, 0.15) is 6.04 Å². The molecule has 1 aliphatic carbocycles. The van der Waals surface area contributed by atoms with E-state index < -0.39 is 12.0 Å². The lowest BCUT2D eigenvalue weighted by Gasteiger charge is -2.27. The second kappa shape index (κ2) is 5.30. The van der Waals surface area contributed by atoms with E-state index in [0.717, 1.165) is 0 Å². The SMILES string of the molecule is CC(=O)NC(CN(C)C(C)C1CC1)C(=O)O. The number of hydrogen-bond donors (Lipinski definition) is 2. The number of rotatable bonds is 6. The van der Waals surface area contributed by atoms with Gasteiger partial charge in [-0.25, -0.2) is 4.79 Å². The lowest BCUT2D eigenvalue weighted by Crippen LogP contribution is -2.49. The van der Waals surface area contributed by atoms with Gasteiger partial charge in [-0.2, -0.15) is 0 Å². The number of carboxylic acids is 1. The van der Waals surface area contributed by atoms with E-state index in [1.165, 1.54) is 19.8 Å². The van der Waals surface area contributed by atoms with Gasteiger partial charge in [0, 0.05) is 19.5 Å². The van der Waals surface area contributed by atoms with Gasteiger partial charge in [-0.15, -0.1) is 0 Å². The molecule has 92 valence electrons. The number of carboxylic acid groups (broad SMARTS) is 1. The summed E-state index contributed by atoms with van der Waals surface area (Å²) in [6.07, 6.45) is 2.45. The smallest absolute Gasteiger partial charge is 0.327 e. The molecule has 0 aromatic rings. The number of amides is 1. The van der Waals surface area contributed by atoms with Gasteiger partial charge in [0.2, 0.25) is 5.91 Å². The Hall–Kier alpha value is -1.10. The van der Waals surface area contributed by atoms with Gasteiger partial charge in [-0.1, -0.05) is 0 Å². The van der Waals surface area contributed by atoms with Crippen molar-refractivity contribution in [3.63, 3.8) is 0 Å². The molecular weight excluding hydrogens is 208 g/mol. The van der Waals surface area contributed by atoms with Gasteiger partial charge in [0.15, 0.2) is 0 Å². The summed E-state index contributed by atoms with van der Waals surface area (Å²) >= 11 is 0. The van der Waals surface area contributed by atoms with Crippen LogP contribution < -0.4 is 5.32 Å². The van der Waals surface area contributed by atoms with Crippen LogP contribution in [0.3, 0.4) is 0 Å². The number of carbonyl (C=O) groups is 2. The Morgan fingerprint density at radius 3 is 2.44 bits per heavy atom. The number of nitrogens with one attached hydrogen (secondary N) is 1. The minimum absolute atomic E-state index is 0.306. The first-order valence-corrected chi connectivity index (χ1v) is 5.62. The lowest BCUT2D eigenvalue weighted by atomic mass is 10.1. The summed E-state index contributed by atoms with van der Waals surface area (Å²) in [5, 5.41) is 11.4. The fraction of sp³-hybridized carbons (Fsp3) is 0.818. The Kier molecular flexibility index (Phi) is 4.29. The molecule has 1 saturated carbocycles. The largest absolute Gasteiger partial charge is 0.480 e. The zero-order valence-corrected chi connectivity index (χ0v) is 10.1. The van der Waals surface area contributed by atoms with Crippen LogP contribution in [0, 0.1) is 5.92 Å². The summed E-state index contributed by atoms with van der Waals surface area (Å²) in [4.78, 5) is 23.8. The van der Waals surface area contributed by atoms with E-state index in [1.807, 2.05) is 11.9 Å². The van der Waals surface area contributed by atoms with E-state index in [1.54, 1.807) is 0 Å². The predicted octanol–water partition coefficient (Wildman–Crippen LogP) is 0.306. The predicted molar refractivity (Wildman–Crippen MR) is 60.1 cm³/mol. The second-order valence-electron chi connectivity index (χ2n) is 4.61. The molecule has 2 unspecified atom stereocenters. The summed E-state index contributed by atoms with van der Waals surface area (Å²) in [5.74, 6) is -0.596. The van der Waals surface area contributed by atoms with Gasteiger partial charge in [0.05, 0.1) is 0 Å². The average Bonchev–Trinajstić information content (AvgIpc) is 2.97. The molecule has 5 nitrogen and oxygen atoms in total. The first-order chi connectivity index (χ1) is 7.41. The van der Waals surface area contributed by atoms with Crippen molar-refractivity contribution in [3.05, 3.63) is 0 Å².